The number of esters is 3. The normalized spacial score (nSPS) is 14.5. The Bertz CT molecular complexity index is 6790. The van der Waals surface area contributed by atoms with Gasteiger partial charge in [0, 0.05) is 113 Å². The van der Waals surface area contributed by atoms with E-state index in [2.05, 4.69) is 145 Å². The van der Waals surface area contributed by atoms with E-state index in [4.69, 9.17) is 120 Å². The molecule has 12 aromatic rings. The first-order valence-corrected chi connectivity index (χ1v) is 53.1. The topological polar surface area (TPSA) is 368 Å². The van der Waals surface area contributed by atoms with Gasteiger partial charge in [-0.2, -0.15) is 33.7 Å². The number of carboxylic acid groups (broad SMARTS) is 1. The number of carbonyl (C=O) groups is 5. The van der Waals surface area contributed by atoms with E-state index in [0.29, 0.717) is 62.2 Å². The summed E-state index contributed by atoms with van der Waals surface area (Å²) < 4.78 is 52.1. The van der Waals surface area contributed by atoms with Crippen LogP contribution in [0.15, 0.2) is 219 Å². The maximum atomic E-state index is 12.2. The zero-order chi connectivity index (χ0) is 109. The summed E-state index contributed by atoms with van der Waals surface area (Å²) in [6.45, 7) is 44.8. The van der Waals surface area contributed by atoms with Gasteiger partial charge in [0.2, 0.25) is 0 Å². The average Bonchev–Trinajstić information content (AvgIpc) is 1.57. The van der Waals surface area contributed by atoms with Crippen LogP contribution < -0.4 is 113 Å². The van der Waals surface area contributed by atoms with Crippen molar-refractivity contribution in [3.63, 3.8) is 0 Å². The molecule has 0 radical (unpaired) electrons. The van der Waals surface area contributed by atoms with Gasteiger partial charge in [-0.1, -0.05) is 121 Å². The quantitative estimate of drug-likeness (QED) is 0.00927. The summed E-state index contributed by atoms with van der Waals surface area (Å²) in [5, 5.41) is 63.5. The number of aliphatic carboxylic acids is 1. The minimum Gasteiger partial charge on any atom is -1.00 e. The number of hydrogen-bond donors (Lipinski definition) is 2. The van der Waals surface area contributed by atoms with Crippen LogP contribution in [-0.2, 0) is 71.0 Å². The van der Waals surface area contributed by atoms with E-state index < -0.39 is 46.1 Å². The molecule has 147 heavy (non-hydrogen) atoms. The number of fused-ring (bicyclic) bond motifs is 4. The van der Waals surface area contributed by atoms with Crippen molar-refractivity contribution in [1.82, 2.24) is 19.9 Å². The first-order valence-electron chi connectivity index (χ1n) is 44.9. The van der Waals surface area contributed by atoms with Crippen LogP contribution in [0.5, 0.6) is 0 Å². The largest absolute Gasteiger partial charge is 1.00 e. The Labute approximate surface area is 1030 Å². The minimum atomic E-state index is -0.932. The second-order valence-electron chi connectivity index (χ2n) is 37.2. The number of aromatic nitrogens is 4. The van der Waals surface area contributed by atoms with E-state index in [9.17, 15) is 24.3 Å². The number of benzene rings is 8. The number of thioether (sulfide) groups is 3. The van der Waals surface area contributed by atoms with Gasteiger partial charge in [0.25, 0.3) is 6.47 Å². The van der Waals surface area contributed by atoms with E-state index in [1.165, 1.54) is 49.6 Å². The predicted molar refractivity (Wildman–Crippen MR) is 607 cm³/mol. The maximum absolute atomic E-state index is 12.2. The minimum absolute atomic E-state index is 0. The van der Waals surface area contributed by atoms with Gasteiger partial charge >= 0.3 is 148 Å². The number of pyridine rings is 4. The summed E-state index contributed by atoms with van der Waals surface area (Å²) >= 11 is 43.6. The molecule has 0 amide bonds. The van der Waals surface area contributed by atoms with Crippen LogP contribution in [0, 0.1) is 52.5 Å². The van der Waals surface area contributed by atoms with Crippen molar-refractivity contribution in [2.75, 3.05) is 19.8 Å². The van der Waals surface area contributed by atoms with Gasteiger partial charge in [0.05, 0.1) is 95.8 Å². The van der Waals surface area contributed by atoms with Crippen LogP contribution in [0.25, 0.3) is 65.3 Å². The molecule has 7 heterocycles. The van der Waals surface area contributed by atoms with Crippen LogP contribution >= 0.6 is 171 Å². The van der Waals surface area contributed by atoms with Crippen molar-refractivity contribution in [2.45, 2.75) is 227 Å². The van der Waals surface area contributed by atoms with E-state index in [-0.39, 0.29) is 162 Å². The van der Waals surface area contributed by atoms with Crippen molar-refractivity contribution >= 4 is 271 Å². The molecule has 0 atom stereocenters. The Morgan fingerprint density at radius 2 is 0.721 bits per heavy atom. The van der Waals surface area contributed by atoms with Gasteiger partial charge in [0.1, 0.15) is 43.3 Å². The summed E-state index contributed by atoms with van der Waals surface area (Å²) in [5.74, 6) is -1.56. The SMILES string of the molecule is Brc1ccc2cncc(I)c2c1.CC(C)(Sc1ccc2cncc(-c3ccc(C#N)c(Cl)c3)c2c1)C(=O)O.CC1(C)OB(B2OC(C)(C)C(C)(C)O2)OC1(C)C.CC1(C)OB(c2ccc(C#N)c(Cl)c2)OC1(C)C.CCOC(=O)C(C)(C)S.CCOC(=O)C(C)(C)Sc1ccc2cncc(-c3ccc(C#N)c(Cl)c3)c2c1.CCOC(=O)C(C)(C)Sc1ccc2cncc(I)c2c1.N#Cc1ccc(Br)cc1Cl.O=CO[O-].[H-].[K+].[K+]. The number of halogens is 8. The molecule has 0 spiro atoms. The molecule has 0 aliphatic carbocycles. The molecule has 764 valence electrons. The smallest absolute Gasteiger partial charge is 1.00 e. The van der Waals surface area contributed by atoms with Crippen LogP contribution in [0.4, 0.5) is 0 Å². The monoisotopic (exact) mass is 2550 g/mol. The molecule has 0 saturated carbocycles. The summed E-state index contributed by atoms with van der Waals surface area (Å²) in [6, 6.07) is 53.3. The van der Waals surface area contributed by atoms with Gasteiger partial charge in [-0.3, -0.25) is 43.9 Å². The van der Waals surface area contributed by atoms with E-state index in [1.54, 1.807) is 121 Å². The maximum Gasteiger partial charge on any atom is 1.00 e. The standard InChI is InChI=1S/C22H19ClN2O2S.C20H15ClN2O2S.C15H16INO2S.C13H15BClNO2.C12H24B2O4.C9H5BrIN.C7H3BrClN.C6H12O2S.CH2O3.2K.H/c1-4-27-21(26)22(2,3)28-17-8-7-16-12-25-13-19(18(16)10-17)14-5-6-15(11-24)20(23)9-14;1-20(2,19(24)25)26-15-6-5-14-10-23-11-17(16(14)8-15)12-3-4-13(9-22)18(21)7-12;1-4-19-14(18)15(2,3)20-11-6-5-10-8-17-9-13(16)12(10)7-11;1-12(2)13(3,4)18-14(17-12)10-6-5-9(8-16)11(15)7-10;1-9(2)10(3,4)16-13(15-9)14-17-11(5,6)12(7,8)18-14;10-7-2-1-6-4-12-5-9(11)8(6)3-7;8-6-2-1-5(4-10)7(9)3-6;1-4-8-5(7)6(2,3)9;2-1-4-3;;;/h5-10,12-13H,4H2,1-3H3;3-8,10-11H,1-2H3,(H,24,25);5-9H,4H2,1-3H3;5-7H,1-4H3;1-8H3;1-5H;1-3H;9H,4H2,1-3H3;1,3H;;;/q;;;;;;;;;2*+1;-1/p-1. The number of carboxylic acids is 1. The second-order valence-corrected chi connectivity index (χ2v) is 49.2. The number of nitrogens with zero attached hydrogens (tertiary/aromatic N) is 8. The molecule has 4 aromatic heterocycles. The first kappa shape index (κ1) is 132. The van der Waals surface area contributed by atoms with E-state index in [0.717, 1.165) is 87.2 Å². The molecule has 0 bridgehead atoms. The van der Waals surface area contributed by atoms with Gasteiger partial charge in [-0.25, -0.2) is 0 Å². The Morgan fingerprint density at radius 1 is 0.435 bits per heavy atom. The Hall–Kier alpha value is -5.12. The van der Waals surface area contributed by atoms with Crippen LogP contribution in [0.2, 0.25) is 20.1 Å². The van der Waals surface area contributed by atoms with Crippen molar-refractivity contribution in [1.29, 1.82) is 21.0 Å². The number of rotatable bonds is 18. The van der Waals surface area contributed by atoms with E-state index in [1.807, 2.05) is 227 Å². The summed E-state index contributed by atoms with van der Waals surface area (Å²) in [5.41, 5.74) is 3.99. The molecule has 3 aliphatic rings. The third-order valence-electron chi connectivity index (χ3n) is 23.1. The number of nitriles is 4. The summed E-state index contributed by atoms with van der Waals surface area (Å²) in [6.07, 6.45) is 14.5. The van der Waals surface area contributed by atoms with E-state index >= 15 is 0 Å². The molecular formula is C105H111B3Br2Cl4I2K2N8O17S4. The molecule has 25 nitrogen and oxygen atoms in total. The van der Waals surface area contributed by atoms with Gasteiger partial charge in [-0.15, -0.1) is 35.3 Å². The van der Waals surface area contributed by atoms with Gasteiger partial charge in [-0.05, 0) is 346 Å². The molecule has 1 N–H and O–H groups in total. The number of thiol groups is 1. The fourth-order valence-corrected chi connectivity index (χ4v) is 19.1. The number of carbonyl (C=O) groups excluding carboxylic acids is 4. The molecule has 3 fully saturated rings. The molecule has 0 unspecified atom stereocenters. The van der Waals surface area contributed by atoms with Crippen molar-refractivity contribution < 1.29 is 186 Å². The molecule has 8 aromatic carbocycles. The summed E-state index contributed by atoms with van der Waals surface area (Å²) in [4.78, 5) is 77.4. The fourth-order valence-electron chi connectivity index (χ4n) is 12.9. The molecule has 3 aliphatic heterocycles. The second kappa shape index (κ2) is 58.6. The van der Waals surface area contributed by atoms with Crippen molar-refractivity contribution in [3.8, 4) is 46.5 Å². The van der Waals surface area contributed by atoms with Crippen LogP contribution in [0.1, 0.15) is 183 Å². The van der Waals surface area contributed by atoms with Crippen LogP contribution in [0.3, 0.4) is 0 Å². The van der Waals surface area contributed by atoms with Gasteiger partial charge in [0.15, 0.2) is 0 Å². The van der Waals surface area contributed by atoms with Crippen molar-refractivity contribution in [3.05, 3.63) is 254 Å². The molecule has 3 saturated heterocycles. The molecule has 42 heteroatoms. The number of ether oxygens (including phenoxy) is 3. The predicted octanol–water partition coefficient (Wildman–Crippen LogP) is 20.7. The third kappa shape index (κ3) is 37.6. The van der Waals surface area contributed by atoms with Gasteiger partial charge < -0.3 is 58.8 Å². The van der Waals surface area contributed by atoms with Crippen molar-refractivity contribution in [2.24, 2.45) is 0 Å². The summed E-state index contributed by atoms with van der Waals surface area (Å²) in [7, 11) is -1.40. The Kier molecular flexibility index (Phi) is 52.7. The number of hydrogen-bond acceptors (Lipinski definition) is 28. The first-order chi connectivity index (χ1) is 67.7. The fraction of sp³-hybridized carbons (Fsp3) is 0.343. The third-order valence-corrected chi connectivity index (χ3v) is 30.7. The zero-order valence-corrected chi connectivity index (χ0v) is 106. The average molecular weight is 2550 g/mol. The Balaban J connectivity index is 0.000000357. The Morgan fingerprint density at radius 3 is 1.04 bits per heavy atom. The molecule has 15 rings (SSSR count). The van der Waals surface area contributed by atoms with Crippen LogP contribution in [-0.4, -0.2) is 149 Å². The molecular weight excluding hydrogens is 2440 g/mol. The zero-order valence-electron chi connectivity index (χ0n) is 87.2.